The van der Waals surface area contributed by atoms with Crippen LogP contribution < -0.4 is 10.3 Å². The van der Waals surface area contributed by atoms with Crippen molar-refractivity contribution in [2.75, 3.05) is 6.61 Å². The van der Waals surface area contributed by atoms with Crippen LogP contribution in [0.15, 0.2) is 59.4 Å². The second kappa shape index (κ2) is 7.74. The Morgan fingerprint density at radius 1 is 1.15 bits per heavy atom. The summed E-state index contributed by atoms with van der Waals surface area (Å²) in [6, 6.07) is 14.6. The number of hydrogen-bond acceptors (Lipinski definition) is 4. The first kappa shape index (κ1) is 17.5. The molecule has 2 aromatic carbocycles. The average molecular weight is 352 g/mol. The van der Waals surface area contributed by atoms with E-state index in [-0.39, 0.29) is 23.8 Å². The van der Waals surface area contributed by atoms with Gasteiger partial charge in [0, 0.05) is 18.1 Å². The zero-order chi connectivity index (χ0) is 18.5. The van der Waals surface area contributed by atoms with E-state index in [9.17, 15) is 14.0 Å². The summed E-state index contributed by atoms with van der Waals surface area (Å²) in [5.41, 5.74) is 2.25. The van der Waals surface area contributed by atoms with Crippen LogP contribution in [0.5, 0.6) is 5.75 Å². The summed E-state index contributed by atoms with van der Waals surface area (Å²) in [6.07, 6.45) is 0.527. The van der Waals surface area contributed by atoms with Crippen molar-refractivity contribution in [1.29, 1.82) is 0 Å². The molecule has 5 nitrogen and oxygen atoms in total. The van der Waals surface area contributed by atoms with Crippen LogP contribution in [0.4, 0.5) is 4.39 Å². The maximum atomic E-state index is 13.3. The molecule has 0 spiro atoms. The van der Waals surface area contributed by atoms with E-state index < -0.39 is 0 Å². The fourth-order valence-corrected chi connectivity index (χ4v) is 2.48. The van der Waals surface area contributed by atoms with Crippen molar-refractivity contribution in [2.45, 2.75) is 13.3 Å². The van der Waals surface area contributed by atoms with E-state index >= 15 is 0 Å². The molecule has 3 aromatic rings. The van der Waals surface area contributed by atoms with Crippen LogP contribution in [0.1, 0.15) is 27.2 Å². The molecule has 6 heteroatoms. The summed E-state index contributed by atoms with van der Waals surface area (Å²) >= 11 is 0. The number of H-pyrrole nitrogens is 1. The van der Waals surface area contributed by atoms with Crippen LogP contribution in [0.3, 0.4) is 0 Å². The number of ketones is 1. The zero-order valence-corrected chi connectivity index (χ0v) is 14.2. The normalized spacial score (nSPS) is 10.5. The number of nitrogens with one attached hydrogen (secondary N) is 1. The van der Waals surface area contributed by atoms with Crippen LogP contribution in [0.2, 0.25) is 0 Å². The predicted molar refractivity (Wildman–Crippen MR) is 95.1 cm³/mol. The van der Waals surface area contributed by atoms with E-state index in [1.807, 2.05) is 18.2 Å². The van der Waals surface area contributed by atoms with Gasteiger partial charge in [-0.05, 0) is 54.4 Å². The number of ether oxygens (including phenoxy) is 1. The first-order chi connectivity index (χ1) is 12.5. The van der Waals surface area contributed by atoms with Crippen molar-refractivity contribution < 1.29 is 13.9 Å². The maximum absolute atomic E-state index is 13.3. The van der Waals surface area contributed by atoms with Crippen molar-refractivity contribution in [2.24, 2.45) is 0 Å². The molecule has 132 valence electrons. The Labute approximate surface area is 149 Å². The van der Waals surface area contributed by atoms with Gasteiger partial charge in [0.1, 0.15) is 11.6 Å². The molecule has 1 heterocycles. The van der Waals surface area contributed by atoms with Crippen molar-refractivity contribution >= 4 is 5.78 Å². The summed E-state index contributed by atoms with van der Waals surface area (Å²) < 4.78 is 18.9. The molecule has 1 N–H and O–H groups in total. The number of halogens is 1. The SMILES string of the molecule is Cc1cc(C(=O)COc2cccc(Cc3ccc(=O)[nH]n3)c2)ccc1F. The molecule has 0 saturated heterocycles. The molecule has 0 aliphatic carbocycles. The average Bonchev–Trinajstić information content (AvgIpc) is 2.64. The zero-order valence-electron chi connectivity index (χ0n) is 14.2. The molecule has 0 radical (unpaired) electrons. The molecule has 0 bridgehead atoms. The molecule has 0 unspecified atom stereocenters. The molecule has 0 fully saturated rings. The van der Waals surface area contributed by atoms with Gasteiger partial charge < -0.3 is 4.74 Å². The van der Waals surface area contributed by atoms with E-state index in [1.165, 1.54) is 24.3 Å². The summed E-state index contributed by atoms with van der Waals surface area (Å²) in [5.74, 6) is -0.00838. The number of aromatic nitrogens is 2. The number of carbonyl (C=O) groups excluding carboxylic acids is 1. The highest BCUT2D eigenvalue weighted by atomic mass is 19.1. The lowest BCUT2D eigenvalue weighted by Crippen LogP contribution is -2.12. The van der Waals surface area contributed by atoms with Gasteiger partial charge in [0.05, 0.1) is 5.69 Å². The molecule has 0 aliphatic heterocycles. The molecule has 0 aliphatic rings. The number of rotatable bonds is 6. The second-order valence-corrected chi connectivity index (χ2v) is 5.91. The third-order valence-electron chi connectivity index (χ3n) is 3.87. The molecule has 1 aromatic heterocycles. The lowest BCUT2D eigenvalue weighted by atomic mass is 10.1. The number of hydrogen-bond donors (Lipinski definition) is 1. The highest BCUT2D eigenvalue weighted by Gasteiger charge is 2.09. The predicted octanol–water partition coefficient (Wildman–Crippen LogP) is 3.07. The van der Waals surface area contributed by atoms with Gasteiger partial charge in [-0.1, -0.05) is 12.1 Å². The quantitative estimate of drug-likeness (QED) is 0.692. The van der Waals surface area contributed by atoms with Gasteiger partial charge in [0.15, 0.2) is 12.4 Å². The first-order valence-corrected chi connectivity index (χ1v) is 8.07. The molecule has 0 atom stereocenters. The Morgan fingerprint density at radius 3 is 2.73 bits per heavy atom. The second-order valence-electron chi connectivity index (χ2n) is 5.91. The Morgan fingerprint density at radius 2 is 2.00 bits per heavy atom. The third-order valence-corrected chi connectivity index (χ3v) is 3.87. The van der Waals surface area contributed by atoms with Crippen molar-refractivity contribution in [3.63, 3.8) is 0 Å². The number of aromatic amines is 1. The molecule has 26 heavy (non-hydrogen) atoms. The van der Waals surface area contributed by atoms with Gasteiger partial charge in [0.25, 0.3) is 5.56 Å². The standard InChI is InChI=1S/C20H17FN2O3/c1-13-9-15(5-7-18(13)21)19(24)12-26-17-4-2-3-14(11-17)10-16-6-8-20(25)23-22-16/h2-9,11H,10,12H2,1H3,(H,23,25). The summed E-state index contributed by atoms with van der Waals surface area (Å²) in [4.78, 5) is 23.2. The Kier molecular flexibility index (Phi) is 5.22. The molecule has 3 rings (SSSR count). The Bertz CT molecular complexity index is 978. The number of Topliss-reactive ketones (excluding diaryl/α,β-unsaturated/α-hetero) is 1. The van der Waals surface area contributed by atoms with Crippen LogP contribution in [-0.2, 0) is 6.42 Å². The Balaban J connectivity index is 1.64. The fourth-order valence-electron chi connectivity index (χ4n) is 2.48. The van der Waals surface area contributed by atoms with Crippen LogP contribution >= 0.6 is 0 Å². The maximum Gasteiger partial charge on any atom is 0.264 e. The van der Waals surface area contributed by atoms with Crippen molar-refractivity contribution in [3.8, 4) is 5.75 Å². The first-order valence-electron chi connectivity index (χ1n) is 8.07. The third kappa shape index (κ3) is 4.42. The molecular weight excluding hydrogens is 335 g/mol. The van der Waals surface area contributed by atoms with Gasteiger partial charge in [-0.3, -0.25) is 9.59 Å². The summed E-state index contributed by atoms with van der Waals surface area (Å²) in [5, 5.41) is 6.36. The van der Waals surface area contributed by atoms with E-state index in [1.54, 1.807) is 19.1 Å². The molecule has 0 amide bonds. The van der Waals surface area contributed by atoms with Crippen LogP contribution in [0, 0.1) is 12.7 Å². The number of nitrogens with zero attached hydrogens (tertiary/aromatic N) is 1. The van der Waals surface area contributed by atoms with Crippen molar-refractivity contribution in [3.05, 3.63) is 93.2 Å². The monoisotopic (exact) mass is 352 g/mol. The number of carbonyl (C=O) groups is 1. The lowest BCUT2D eigenvalue weighted by Gasteiger charge is -2.08. The minimum Gasteiger partial charge on any atom is -0.485 e. The fraction of sp³-hybridized carbons (Fsp3) is 0.150. The highest BCUT2D eigenvalue weighted by Crippen LogP contribution is 2.16. The number of benzene rings is 2. The summed E-state index contributed by atoms with van der Waals surface area (Å²) in [6.45, 7) is 1.48. The number of aryl methyl sites for hydroxylation is 1. The van der Waals surface area contributed by atoms with Gasteiger partial charge in [-0.2, -0.15) is 5.10 Å². The molecular formula is C20H17FN2O3. The minimum absolute atomic E-state index is 0.133. The highest BCUT2D eigenvalue weighted by molar-refractivity contribution is 5.97. The van der Waals surface area contributed by atoms with E-state index in [0.717, 1.165) is 11.3 Å². The van der Waals surface area contributed by atoms with Gasteiger partial charge in [0.2, 0.25) is 0 Å². The largest absolute Gasteiger partial charge is 0.485 e. The van der Waals surface area contributed by atoms with Gasteiger partial charge in [-0.15, -0.1) is 0 Å². The van der Waals surface area contributed by atoms with E-state index in [2.05, 4.69) is 10.2 Å². The van der Waals surface area contributed by atoms with E-state index in [0.29, 0.717) is 23.3 Å². The topological polar surface area (TPSA) is 72.1 Å². The van der Waals surface area contributed by atoms with Crippen molar-refractivity contribution in [1.82, 2.24) is 10.2 Å². The summed E-state index contributed by atoms with van der Waals surface area (Å²) in [7, 11) is 0. The smallest absolute Gasteiger partial charge is 0.264 e. The molecule has 0 saturated carbocycles. The Hall–Kier alpha value is -3.28. The van der Waals surface area contributed by atoms with E-state index in [4.69, 9.17) is 4.74 Å². The lowest BCUT2D eigenvalue weighted by molar-refractivity contribution is 0.0921. The van der Waals surface area contributed by atoms with Crippen LogP contribution in [-0.4, -0.2) is 22.6 Å². The van der Waals surface area contributed by atoms with Gasteiger partial charge >= 0.3 is 0 Å². The van der Waals surface area contributed by atoms with Crippen LogP contribution in [0.25, 0.3) is 0 Å². The minimum atomic E-state index is -0.342. The van der Waals surface area contributed by atoms with Gasteiger partial charge in [-0.25, -0.2) is 9.49 Å².